The summed E-state index contributed by atoms with van der Waals surface area (Å²) in [6.45, 7) is 2.26. The number of thiophene rings is 1. The lowest BCUT2D eigenvalue weighted by atomic mass is 9.85. The van der Waals surface area contributed by atoms with Gasteiger partial charge in [0.2, 0.25) is 5.91 Å². The van der Waals surface area contributed by atoms with E-state index in [0.29, 0.717) is 5.02 Å². The smallest absolute Gasteiger partial charge is 0.246 e. The zero-order valence-electron chi connectivity index (χ0n) is 13.9. The van der Waals surface area contributed by atoms with Crippen LogP contribution >= 0.6 is 22.9 Å². The summed E-state index contributed by atoms with van der Waals surface area (Å²) in [5.41, 5.74) is 2.24. The maximum atomic E-state index is 12.5. The van der Waals surface area contributed by atoms with Gasteiger partial charge >= 0.3 is 0 Å². The predicted molar refractivity (Wildman–Crippen MR) is 102 cm³/mol. The lowest BCUT2D eigenvalue weighted by Crippen LogP contribution is -2.47. The molecule has 25 heavy (non-hydrogen) atoms. The van der Waals surface area contributed by atoms with E-state index in [-0.39, 0.29) is 11.5 Å². The first-order valence-electron chi connectivity index (χ1n) is 8.60. The van der Waals surface area contributed by atoms with Gasteiger partial charge in [-0.05, 0) is 60.0 Å². The van der Waals surface area contributed by atoms with Crippen molar-refractivity contribution in [2.45, 2.75) is 24.9 Å². The van der Waals surface area contributed by atoms with Gasteiger partial charge in [-0.3, -0.25) is 4.79 Å². The normalized spacial score (nSPS) is 19.3. The third-order valence-electron chi connectivity index (χ3n) is 5.08. The number of hydrogen-bond acceptors (Lipinski definition) is 3. The Morgan fingerprint density at radius 2 is 1.96 bits per heavy atom. The Morgan fingerprint density at radius 1 is 1.20 bits per heavy atom. The predicted octanol–water partition coefficient (Wildman–Crippen LogP) is 4.51. The molecule has 1 aromatic heterocycles. The number of likely N-dealkylation sites (tertiary alicyclic amines) is 1. The molecule has 0 radical (unpaired) electrons. The Bertz CT molecular complexity index is 788. The molecule has 3 nitrogen and oxygen atoms in total. The molecule has 0 N–H and O–H groups in total. The van der Waals surface area contributed by atoms with Crippen molar-refractivity contribution in [3.8, 4) is 0 Å². The number of rotatable bonds is 2. The summed E-state index contributed by atoms with van der Waals surface area (Å²) in [6, 6.07) is 9.69. The highest BCUT2D eigenvalue weighted by Gasteiger charge is 2.42. The fraction of sp³-hybridized carbons (Fsp3) is 0.350. The first kappa shape index (κ1) is 16.8. The molecule has 1 spiro atoms. The van der Waals surface area contributed by atoms with Gasteiger partial charge in [0.1, 0.15) is 5.60 Å². The summed E-state index contributed by atoms with van der Waals surface area (Å²) in [5.74, 6) is 0.0620. The number of carbonyl (C=O) groups is 1. The van der Waals surface area contributed by atoms with Crippen LogP contribution in [0.5, 0.6) is 0 Å². The van der Waals surface area contributed by atoms with Gasteiger partial charge in [0.05, 0.1) is 6.61 Å². The summed E-state index contributed by atoms with van der Waals surface area (Å²) >= 11 is 7.68. The van der Waals surface area contributed by atoms with Crippen LogP contribution in [0.25, 0.3) is 6.08 Å². The Hall–Kier alpha value is -1.62. The highest BCUT2D eigenvalue weighted by molar-refractivity contribution is 7.10. The number of nitrogens with zero attached hydrogens (tertiary/aromatic N) is 1. The summed E-state index contributed by atoms with van der Waals surface area (Å²) in [7, 11) is 0. The molecule has 1 saturated heterocycles. The van der Waals surface area contributed by atoms with Crippen molar-refractivity contribution in [1.82, 2.24) is 4.90 Å². The highest BCUT2D eigenvalue weighted by Crippen LogP contribution is 2.44. The van der Waals surface area contributed by atoms with Gasteiger partial charge in [-0.2, -0.15) is 0 Å². The van der Waals surface area contributed by atoms with Gasteiger partial charge in [-0.15, -0.1) is 11.3 Å². The molecule has 5 heteroatoms. The van der Waals surface area contributed by atoms with E-state index in [4.69, 9.17) is 16.3 Å². The summed E-state index contributed by atoms with van der Waals surface area (Å²) in [5, 5.41) is 2.86. The molecule has 2 aliphatic rings. The lowest BCUT2D eigenvalue weighted by Gasteiger charge is -2.43. The molecule has 2 aliphatic heterocycles. The van der Waals surface area contributed by atoms with Crippen molar-refractivity contribution in [2.75, 3.05) is 19.7 Å². The molecule has 0 bridgehead atoms. The van der Waals surface area contributed by atoms with E-state index in [0.717, 1.165) is 44.5 Å². The van der Waals surface area contributed by atoms with Gasteiger partial charge in [0.15, 0.2) is 0 Å². The number of hydrogen-bond donors (Lipinski definition) is 0. The van der Waals surface area contributed by atoms with E-state index >= 15 is 0 Å². The molecule has 130 valence electrons. The zero-order valence-corrected chi connectivity index (χ0v) is 15.5. The zero-order chi connectivity index (χ0) is 17.3. The Labute approximate surface area is 156 Å². The van der Waals surface area contributed by atoms with E-state index in [1.807, 2.05) is 35.2 Å². The molecule has 2 aromatic rings. The van der Waals surface area contributed by atoms with Gasteiger partial charge < -0.3 is 9.64 Å². The van der Waals surface area contributed by atoms with E-state index in [2.05, 4.69) is 11.4 Å². The molecule has 0 atom stereocenters. The highest BCUT2D eigenvalue weighted by atomic mass is 35.5. The van der Waals surface area contributed by atoms with Crippen molar-refractivity contribution in [3.05, 3.63) is 62.8 Å². The molecular formula is C20H20ClNO2S. The summed E-state index contributed by atoms with van der Waals surface area (Å²) in [6.07, 6.45) is 6.26. The lowest BCUT2D eigenvalue weighted by molar-refractivity contribution is -0.135. The monoisotopic (exact) mass is 373 g/mol. The average Bonchev–Trinajstić information content (AvgIpc) is 3.12. The van der Waals surface area contributed by atoms with Crippen LogP contribution in [0.15, 0.2) is 41.8 Å². The molecule has 0 saturated carbocycles. The van der Waals surface area contributed by atoms with Crippen LogP contribution < -0.4 is 0 Å². The number of carbonyl (C=O) groups excluding carboxylic acids is 1. The number of benzene rings is 1. The molecule has 1 fully saturated rings. The van der Waals surface area contributed by atoms with Crippen LogP contribution in [0, 0.1) is 0 Å². The standard InChI is InChI=1S/C20H20ClNO2S/c21-17-4-1-15(2-5-17)3-6-18(23)22-11-9-20(10-12-22)19-16(7-13-24-20)8-14-25-19/h1-6,8,14H,7,9-13H2/b6-3+. The third kappa shape index (κ3) is 3.39. The maximum Gasteiger partial charge on any atom is 0.246 e. The van der Waals surface area contributed by atoms with E-state index in [9.17, 15) is 4.79 Å². The minimum Gasteiger partial charge on any atom is -0.369 e. The van der Waals surface area contributed by atoms with Gasteiger partial charge in [-0.25, -0.2) is 0 Å². The number of halogens is 1. The fourth-order valence-electron chi connectivity index (χ4n) is 3.66. The fourth-order valence-corrected chi connectivity index (χ4v) is 4.95. The Kier molecular flexibility index (Phi) is 4.67. The van der Waals surface area contributed by atoms with Crippen LogP contribution in [0.1, 0.15) is 28.8 Å². The van der Waals surface area contributed by atoms with Crippen LogP contribution in [0.2, 0.25) is 5.02 Å². The Morgan fingerprint density at radius 3 is 2.72 bits per heavy atom. The molecule has 0 aliphatic carbocycles. The minimum absolute atomic E-state index is 0.0620. The van der Waals surface area contributed by atoms with Crippen LogP contribution in [-0.2, 0) is 21.6 Å². The number of piperidine rings is 1. The quantitative estimate of drug-likeness (QED) is 0.725. The minimum atomic E-state index is -0.168. The number of fused-ring (bicyclic) bond motifs is 2. The van der Waals surface area contributed by atoms with E-state index in [1.165, 1.54) is 10.4 Å². The second kappa shape index (κ2) is 6.94. The van der Waals surface area contributed by atoms with E-state index in [1.54, 1.807) is 17.4 Å². The molecule has 0 unspecified atom stereocenters. The largest absolute Gasteiger partial charge is 0.369 e. The first-order valence-corrected chi connectivity index (χ1v) is 9.85. The van der Waals surface area contributed by atoms with E-state index < -0.39 is 0 Å². The van der Waals surface area contributed by atoms with Gasteiger partial charge in [0, 0.05) is 29.1 Å². The van der Waals surface area contributed by atoms with Crippen molar-refractivity contribution in [1.29, 1.82) is 0 Å². The van der Waals surface area contributed by atoms with Crippen LogP contribution in [0.4, 0.5) is 0 Å². The summed E-state index contributed by atoms with van der Waals surface area (Å²) < 4.78 is 6.20. The average molecular weight is 374 g/mol. The van der Waals surface area contributed by atoms with Crippen LogP contribution in [0.3, 0.4) is 0 Å². The maximum absolute atomic E-state index is 12.5. The molecule has 4 rings (SSSR count). The molecule has 3 heterocycles. The number of amides is 1. The number of ether oxygens (including phenoxy) is 1. The second-order valence-electron chi connectivity index (χ2n) is 6.58. The second-order valence-corrected chi connectivity index (χ2v) is 7.93. The topological polar surface area (TPSA) is 29.5 Å². The SMILES string of the molecule is O=C(/C=C/c1ccc(Cl)cc1)N1CCC2(CC1)OCCc1ccsc12. The molecule has 1 amide bonds. The first-order chi connectivity index (χ1) is 12.2. The van der Waals surface area contributed by atoms with Crippen LogP contribution in [-0.4, -0.2) is 30.5 Å². The summed E-state index contributed by atoms with van der Waals surface area (Å²) in [4.78, 5) is 15.8. The molecular weight excluding hydrogens is 354 g/mol. The van der Waals surface area contributed by atoms with Gasteiger partial charge in [0.25, 0.3) is 0 Å². The molecule has 1 aromatic carbocycles. The third-order valence-corrected chi connectivity index (χ3v) is 6.48. The van der Waals surface area contributed by atoms with Crippen molar-refractivity contribution >= 4 is 34.9 Å². The Balaban J connectivity index is 1.41. The van der Waals surface area contributed by atoms with Crippen molar-refractivity contribution < 1.29 is 9.53 Å². The van der Waals surface area contributed by atoms with Gasteiger partial charge in [-0.1, -0.05) is 23.7 Å². The van der Waals surface area contributed by atoms with Crippen molar-refractivity contribution in [2.24, 2.45) is 0 Å². The van der Waals surface area contributed by atoms with Crippen molar-refractivity contribution in [3.63, 3.8) is 0 Å².